The van der Waals surface area contributed by atoms with E-state index in [-0.39, 0.29) is 28.7 Å². The van der Waals surface area contributed by atoms with Crippen LogP contribution in [0.3, 0.4) is 0 Å². The monoisotopic (exact) mass is 572 g/mol. The highest BCUT2D eigenvalue weighted by Crippen LogP contribution is 2.42. The van der Waals surface area contributed by atoms with Crippen LogP contribution >= 0.6 is 0 Å². The molecule has 0 aliphatic rings. The molecule has 0 saturated carbocycles. The zero-order valence-corrected chi connectivity index (χ0v) is 24.6. The highest BCUT2D eigenvalue weighted by atomic mass is 16.3. The molecule has 4 aromatic rings. The summed E-state index contributed by atoms with van der Waals surface area (Å²) in [5, 5.41) is 52.0. The van der Waals surface area contributed by atoms with Gasteiger partial charge in [-0.2, -0.15) is 5.11 Å². The molecule has 0 aliphatic heterocycles. The molecular weight excluding hydrogens is 532 g/mol. The van der Waals surface area contributed by atoms with Gasteiger partial charge in [0.2, 0.25) is 0 Å². The number of fused-ring (bicyclic) bond motifs is 1. The molecule has 4 aromatic carbocycles. The molecule has 0 radical (unpaired) electrons. The van der Waals surface area contributed by atoms with Crippen molar-refractivity contribution in [1.29, 1.82) is 0 Å². The Morgan fingerprint density at radius 2 is 1.12 bits per heavy atom. The van der Waals surface area contributed by atoms with Gasteiger partial charge in [0.05, 0.1) is 11.4 Å². The van der Waals surface area contributed by atoms with Gasteiger partial charge in [-0.25, -0.2) is 0 Å². The molecule has 0 fully saturated rings. The standard InChI is InChI=1S/C32H40N6O4/c1-5-37(6-2)19-21-17-23(9-13-27(21)39)33-35-31-25-11-16-30(42)32(26(25)12-15-29(31)41)36-34-24-10-14-28(40)22(18-24)20-38(7-3)8-4/h9-18,33,35,39-42H,5-8,19-20H2,1-4H3/b36-34+. The van der Waals surface area contributed by atoms with Crippen molar-refractivity contribution in [2.45, 2.75) is 40.8 Å². The smallest absolute Gasteiger partial charge is 0.143 e. The summed E-state index contributed by atoms with van der Waals surface area (Å²) in [7, 11) is 0. The summed E-state index contributed by atoms with van der Waals surface area (Å²) in [5.41, 5.74) is 9.62. The van der Waals surface area contributed by atoms with E-state index in [1.54, 1.807) is 42.5 Å². The van der Waals surface area contributed by atoms with Crippen molar-refractivity contribution in [1.82, 2.24) is 9.80 Å². The first-order valence-electron chi connectivity index (χ1n) is 14.3. The Morgan fingerprint density at radius 1 is 0.571 bits per heavy atom. The molecule has 4 rings (SSSR count). The zero-order valence-electron chi connectivity index (χ0n) is 24.6. The number of rotatable bonds is 13. The van der Waals surface area contributed by atoms with E-state index in [4.69, 9.17) is 0 Å². The van der Waals surface area contributed by atoms with Gasteiger partial charge in [-0.15, -0.1) is 5.11 Å². The lowest BCUT2D eigenvalue weighted by atomic mass is 10.1. The fraction of sp³-hybridized carbons (Fsp3) is 0.312. The van der Waals surface area contributed by atoms with Crippen LogP contribution in [0.4, 0.5) is 22.7 Å². The molecule has 0 bridgehead atoms. The summed E-state index contributed by atoms with van der Waals surface area (Å²) >= 11 is 0. The average molecular weight is 573 g/mol. The number of hydrogen-bond acceptors (Lipinski definition) is 10. The summed E-state index contributed by atoms with van der Waals surface area (Å²) in [6.45, 7) is 12.9. The van der Waals surface area contributed by atoms with E-state index in [9.17, 15) is 20.4 Å². The van der Waals surface area contributed by atoms with Crippen molar-refractivity contribution >= 4 is 33.5 Å². The van der Waals surface area contributed by atoms with Gasteiger partial charge in [0.15, 0.2) is 0 Å². The Hall–Kier alpha value is -4.54. The van der Waals surface area contributed by atoms with Gasteiger partial charge in [0.25, 0.3) is 0 Å². The van der Waals surface area contributed by atoms with E-state index in [1.807, 2.05) is 6.07 Å². The van der Waals surface area contributed by atoms with Crippen LogP contribution in [0.25, 0.3) is 10.8 Å². The average Bonchev–Trinajstić information content (AvgIpc) is 3.00. The Bertz CT molecular complexity index is 1550. The molecule has 10 heteroatoms. The Balaban J connectivity index is 1.62. The number of phenolic OH excluding ortho intramolecular Hbond substituents is 4. The van der Waals surface area contributed by atoms with Crippen molar-refractivity contribution in [2.24, 2.45) is 10.2 Å². The maximum atomic E-state index is 10.7. The van der Waals surface area contributed by atoms with Crippen LogP contribution in [0, 0.1) is 0 Å². The second kappa shape index (κ2) is 13.9. The summed E-state index contributed by atoms with van der Waals surface area (Å²) < 4.78 is 0. The molecule has 0 saturated heterocycles. The van der Waals surface area contributed by atoms with Gasteiger partial charge in [0, 0.05) is 35.0 Å². The van der Waals surface area contributed by atoms with Gasteiger partial charge in [-0.1, -0.05) is 27.7 Å². The predicted molar refractivity (Wildman–Crippen MR) is 168 cm³/mol. The number of nitrogens with one attached hydrogen (secondary N) is 2. The number of aromatic hydroxyl groups is 4. The van der Waals surface area contributed by atoms with Crippen LogP contribution in [0.5, 0.6) is 23.0 Å². The van der Waals surface area contributed by atoms with Crippen LogP contribution in [-0.2, 0) is 13.1 Å². The molecule has 6 N–H and O–H groups in total. The lowest BCUT2D eigenvalue weighted by molar-refractivity contribution is 0.291. The number of hydrogen-bond donors (Lipinski definition) is 6. The molecule has 0 heterocycles. The number of azo groups is 1. The van der Waals surface area contributed by atoms with Gasteiger partial charge < -0.3 is 25.9 Å². The van der Waals surface area contributed by atoms with Crippen molar-refractivity contribution < 1.29 is 20.4 Å². The molecule has 0 unspecified atom stereocenters. The van der Waals surface area contributed by atoms with Gasteiger partial charge >= 0.3 is 0 Å². The lowest BCUT2D eigenvalue weighted by Gasteiger charge is -2.20. The van der Waals surface area contributed by atoms with Crippen LogP contribution in [0.2, 0.25) is 0 Å². The summed E-state index contributed by atoms with van der Waals surface area (Å²) in [6, 6.07) is 16.7. The second-order valence-corrected chi connectivity index (χ2v) is 10.0. The van der Waals surface area contributed by atoms with Gasteiger partial charge in [-0.05, 0) is 86.8 Å². The Morgan fingerprint density at radius 3 is 1.76 bits per heavy atom. The minimum Gasteiger partial charge on any atom is -0.508 e. The fourth-order valence-corrected chi connectivity index (χ4v) is 4.77. The van der Waals surface area contributed by atoms with Crippen molar-refractivity contribution in [3.8, 4) is 23.0 Å². The SMILES string of the molecule is CCN(CC)Cc1cc(/N=N/c2c(O)ccc3c(NNc4ccc(O)c(CN(CC)CC)c4)c(O)ccc23)ccc1O. The molecule has 0 spiro atoms. The van der Waals surface area contributed by atoms with Crippen LogP contribution < -0.4 is 10.9 Å². The molecule has 0 atom stereocenters. The van der Waals surface area contributed by atoms with E-state index in [2.05, 4.69) is 58.6 Å². The normalized spacial score (nSPS) is 11.7. The molecule has 222 valence electrons. The molecule has 42 heavy (non-hydrogen) atoms. The number of anilines is 2. The Kier molecular flexibility index (Phi) is 10.1. The van der Waals surface area contributed by atoms with E-state index in [0.717, 1.165) is 37.3 Å². The first-order chi connectivity index (χ1) is 20.3. The third-order valence-corrected chi connectivity index (χ3v) is 7.45. The third kappa shape index (κ3) is 7.02. The topological polar surface area (TPSA) is 136 Å². The second-order valence-electron chi connectivity index (χ2n) is 10.0. The first-order valence-corrected chi connectivity index (χ1v) is 14.3. The highest BCUT2D eigenvalue weighted by molar-refractivity contribution is 6.04. The molecule has 0 aliphatic carbocycles. The molecule has 0 aromatic heterocycles. The predicted octanol–water partition coefficient (Wildman–Crippen LogP) is 7.20. The van der Waals surface area contributed by atoms with Crippen molar-refractivity contribution in [2.75, 3.05) is 37.0 Å². The quantitative estimate of drug-likeness (QED) is 0.0428. The van der Waals surface area contributed by atoms with E-state index < -0.39 is 0 Å². The number of phenols is 4. The molecule has 10 nitrogen and oxygen atoms in total. The van der Waals surface area contributed by atoms with Crippen LogP contribution in [0.1, 0.15) is 38.8 Å². The van der Waals surface area contributed by atoms with E-state index in [1.165, 1.54) is 12.1 Å². The summed E-state index contributed by atoms with van der Waals surface area (Å²) in [6.07, 6.45) is 0. The fourth-order valence-electron chi connectivity index (χ4n) is 4.77. The van der Waals surface area contributed by atoms with Gasteiger partial charge in [-0.3, -0.25) is 15.2 Å². The minimum absolute atomic E-state index is 0.00491. The minimum atomic E-state index is -0.0578. The van der Waals surface area contributed by atoms with E-state index in [0.29, 0.717) is 40.9 Å². The molecular formula is C32H40N6O4. The summed E-state index contributed by atoms with van der Waals surface area (Å²) in [4.78, 5) is 4.39. The lowest BCUT2D eigenvalue weighted by Crippen LogP contribution is -2.22. The maximum Gasteiger partial charge on any atom is 0.143 e. The number of hydrazine groups is 1. The van der Waals surface area contributed by atoms with E-state index >= 15 is 0 Å². The number of nitrogens with zero attached hydrogens (tertiary/aromatic N) is 4. The first kappa shape index (κ1) is 30.4. The Labute approximate surface area is 246 Å². The number of benzene rings is 4. The van der Waals surface area contributed by atoms with Crippen molar-refractivity contribution in [3.05, 3.63) is 71.8 Å². The van der Waals surface area contributed by atoms with Crippen LogP contribution in [-0.4, -0.2) is 56.4 Å². The van der Waals surface area contributed by atoms with Crippen molar-refractivity contribution in [3.63, 3.8) is 0 Å². The zero-order chi connectivity index (χ0) is 30.2. The maximum absolute atomic E-state index is 10.7. The highest BCUT2D eigenvalue weighted by Gasteiger charge is 2.14. The van der Waals surface area contributed by atoms with Gasteiger partial charge in [0.1, 0.15) is 34.4 Å². The van der Waals surface area contributed by atoms with Crippen LogP contribution in [0.15, 0.2) is 70.9 Å². The molecule has 0 amide bonds. The third-order valence-electron chi connectivity index (χ3n) is 7.45. The largest absolute Gasteiger partial charge is 0.508 e. The summed E-state index contributed by atoms with van der Waals surface area (Å²) in [5.74, 6) is 0.365.